The zero-order chi connectivity index (χ0) is 21.0. The summed E-state index contributed by atoms with van der Waals surface area (Å²) in [6.07, 6.45) is 0. The van der Waals surface area contributed by atoms with Gasteiger partial charge in [0.05, 0.1) is 36.7 Å². The number of quaternary nitrogens is 1. The number of rotatable bonds is 3. The smallest absolute Gasteiger partial charge is 0.193 e. The number of fused-ring (bicyclic) bond motifs is 2. The predicted molar refractivity (Wildman–Crippen MR) is 102 cm³/mol. The van der Waals surface area contributed by atoms with Gasteiger partial charge >= 0.3 is 0 Å². The summed E-state index contributed by atoms with van der Waals surface area (Å²) in [6, 6.07) is 8.78. The lowest BCUT2D eigenvalue weighted by Crippen LogP contribution is -2.51. The van der Waals surface area contributed by atoms with Crippen LogP contribution >= 0.6 is 11.6 Å². The van der Waals surface area contributed by atoms with E-state index in [4.69, 9.17) is 30.6 Å². The molecule has 2 heterocycles. The number of aliphatic hydroxyl groups is 1. The lowest BCUT2D eigenvalue weighted by atomic mass is 10.0. The van der Waals surface area contributed by atoms with Crippen molar-refractivity contribution in [1.82, 2.24) is 0 Å². The van der Waals surface area contributed by atoms with E-state index >= 15 is 0 Å². The molecule has 0 fully saturated rings. The van der Waals surface area contributed by atoms with Gasteiger partial charge in [0, 0.05) is 16.7 Å². The molecule has 0 spiro atoms. The molecule has 4 N–H and O–H groups in total. The van der Waals surface area contributed by atoms with Crippen LogP contribution in [0, 0.1) is 0 Å². The first-order valence-electron chi connectivity index (χ1n) is 8.67. The van der Waals surface area contributed by atoms with Crippen LogP contribution < -0.4 is 21.0 Å². The lowest BCUT2D eigenvalue weighted by Gasteiger charge is -2.22. The average Bonchev–Trinajstić information content (AvgIpc) is 2.73. The van der Waals surface area contributed by atoms with Crippen LogP contribution in [0.5, 0.6) is 5.75 Å². The van der Waals surface area contributed by atoms with E-state index in [-0.39, 0.29) is 36.8 Å². The predicted octanol–water partition coefficient (Wildman–Crippen LogP) is 0.564. The molecule has 0 atom stereocenters. The normalized spacial score (nSPS) is 12.5. The Kier molecular flexibility index (Phi) is 6.50. The summed E-state index contributed by atoms with van der Waals surface area (Å²) in [6.45, 7) is 1.05. The van der Waals surface area contributed by atoms with Gasteiger partial charge < -0.3 is 34.6 Å². The van der Waals surface area contributed by atoms with Crippen molar-refractivity contribution in [2.24, 2.45) is 0 Å². The molecule has 0 amide bonds. The Labute approximate surface area is 170 Å². The highest BCUT2D eigenvalue weighted by Crippen LogP contribution is 2.37. The van der Waals surface area contributed by atoms with Crippen LogP contribution in [-0.4, -0.2) is 31.0 Å². The summed E-state index contributed by atoms with van der Waals surface area (Å²) in [4.78, 5) is 23.7. The third-order valence-corrected chi connectivity index (χ3v) is 4.29. The molecule has 0 radical (unpaired) electrons. The Morgan fingerprint density at radius 1 is 1.24 bits per heavy atom. The zero-order valence-electron chi connectivity index (χ0n) is 15.3. The highest BCUT2D eigenvalue weighted by Gasteiger charge is 2.20. The monoisotopic (exact) mass is 419 g/mol. The van der Waals surface area contributed by atoms with Gasteiger partial charge in [-0.15, -0.1) is 0 Å². The maximum atomic E-state index is 12.4. The molecule has 0 saturated carbocycles. The van der Waals surface area contributed by atoms with Crippen molar-refractivity contribution in [3.63, 3.8) is 0 Å². The van der Waals surface area contributed by atoms with Crippen LogP contribution in [-0.2, 0) is 11.3 Å². The van der Waals surface area contributed by atoms with Gasteiger partial charge in [0.15, 0.2) is 12.2 Å². The number of carbonyl (C=O) groups excluding carboxylic acids is 1. The number of aromatic carboxylic acids is 1. The van der Waals surface area contributed by atoms with E-state index in [0.717, 1.165) is 0 Å². The van der Waals surface area contributed by atoms with Gasteiger partial charge in [-0.2, -0.15) is 0 Å². The summed E-state index contributed by atoms with van der Waals surface area (Å²) in [7, 11) is 0. The number of aliphatic hydroxyl groups excluding tert-OH is 1. The number of carbonyl (C=O) groups is 1. The van der Waals surface area contributed by atoms with Crippen molar-refractivity contribution in [2.45, 2.75) is 6.61 Å². The van der Waals surface area contributed by atoms with Gasteiger partial charge in [0.2, 0.25) is 0 Å². The minimum Gasteiger partial charge on any atom is -0.545 e. The van der Waals surface area contributed by atoms with Gasteiger partial charge in [-0.25, -0.2) is 0 Å². The molecule has 9 heteroatoms. The van der Waals surface area contributed by atoms with Crippen molar-refractivity contribution in [3.8, 4) is 17.1 Å². The first-order valence-corrected chi connectivity index (χ1v) is 9.05. The van der Waals surface area contributed by atoms with Crippen LogP contribution in [0.4, 0.5) is 0 Å². The van der Waals surface area contributed by atoms with Gasteiger partial charge in [0.1, 0.15) is 17.1 Å². The third-order valence-electron chi connectivity index (χ3n) is 4.06. The molecule has 2 aromatic carbocycles. The topological polar surface area (TPSA) is 137 Å². The molecule has 0 bridgehead atoms. The Morgan fingerprint density at radius 3 is 2.69 bits per heavy atom. The summed E-state index contributed by atoms with van der Waals surface area (Å²) >= 11 is 5.91. The first-order chi connectivity index (χ1) is 13.9. The minimum absolute atomic E-state index is 0.0259. The second-order valence-corrected chi connectivity index (χ2v) is 6.54. The van der Waals surface area contributed by atoms with Gasteiger partial charge in [-0.05, 0) is 35.9 Å². The number of ether oxygens (including phenoxy) is 2. The fraction of sp³-hybridized carbons (Fsp3) is 0.200. The summed E-state index contributed by atoms with van der Waals surface area (Å²) < 4.78 is 16.5. The standard InChI is InChI=1S/C18H11ClO6.C2H7NO/c19-11-1-2-15-12(5-11)14(20)6-16(25-15)13-4-9(18(21)22)3-10-7-23-8-24-17(10)13;3-1-2-4/h1-6H,7-8H2,(H,21,22);4H,1-3H2. The van der Waals surface area contributed by atoms with Crippen LogP contribution in [0.15, 0.2) is 45.6 Å². The molecule has 4 rings (SSSR count). The quantitative estimate of drug-likeness (QED) is 0.632. The Hall–Kier alpha value is -2.91. The lowest BCUT2D eigenvalue weighted by molar-refractivity contribution is -0.372. The second kappa shape index (κ2) is 9.06. The zero-order valence-corrected chi connectivity index (χ0v) is 16.0. The molecule has 0 saturated heterocycles. The molecule has 1 aliphatic rings. The summed E-state index contributed by atoms with van der Waals surface area (Å²) in [5, 5.41) is 19.9. The van der Waals surface area contributed by atoms with Crippen molar-refractivity contribution in [2.75, 3.05) is 19.9 Å². The van der Waals surface area contributed by atoms with E-state index in [1.165, 1.54) is 24.3 Å². The van der Waals surface area contributed by atoms with Crippen molar-refractivity contribution < 1.29 is 34.6 Å². The van der Waals surface area contributed by atoms with Crippen molar-refractivity contribution in [3.05, 3.63) is 62.8 Å². The molecule has 8 nitrogen and oxygen atoms in total. The van der Waals surface area contributed by atoms with E-state index in [0.29, 0.717) is 39.4 Å². The molecule has 29 heavy (non-hydrogen) atoms. The molecule has 1 aromatic heterocycles. The van der Waals surface area contributed by atoms with E-state index in [9.17, 15) is 14.7 Å². The molecule has 1 aliphatic heterocycles. The molecule has 0 aliphatic carbocycles. The third kappa shape index (κ3) is 4.57. The highest BCUT2D eigenvalue weighted by molar-refractivity contribution is 6.31. The van der Waals surface area contributed by atoms with Gasteiger partial charge in [0.25, 0.3) is 0 Å². The first kappa shape index (κ1) is 20.8. The number of hydrogen-bond acceptors (Lipinski definition) is 7. The van der Waals surface area contributed by atoms with Crippen molar-refractivity contribution >= 4 is 28.5 Å². The van der Waals surface area contributed by atoms with E-state index < -0.39 is 5.97 Å². The number of carboxylic acid groups (broad SMARTS) is 1. The second-order valence-electron chi connectivity index (χ2n) is 6.10. The largest absolute Gasteiger partial charge is 0.545 e. The molecular weight excluding hydrogens is 402 g/mol. The van der Waals surface area contributed by atoms with Crippen LogP contribution in [0.2, 0.25) is 5.02 Å². The average molecular weight is 420 g/mol. The summed E-state index contributed by atoms with van der Waals surface area (Å²) in [5.41, 5.74) is 4.25. The molecule has 0 unspecified atom stereocenters. The fourth-order valence-electron chi connectivity index (χ4n) is 2.78. The maximum Gasteiger partial charge on any atom is 0.193 e. The SMILES string of the molecule is O=C([O-])c1cc2c(c(-c3cc(=O)c4cc(Cl)ccc4o3)c1)OCOC2.[NH3+]CCO. The summed E-state index contributed by atoms with van der Waals surface area (Å²) in [5.74, 6) is -0.724. The number of carboxylic acids is 1. The van der Waals surface area contributed by atoms with Crippen molar-refractivity contribution in [1.29, 1.82) is 0 Å². The van der Waals surface area contributed by atoms with Crippen LogP contribution in [0.3, 0.4) is 0 Å². The Balaban J connectivity index is 0.000000552. The highest BCUT2D eigenvalue weighted by atomic mass is 35.5. The van der Waals surface area contributed by atoms with E-state index in [1.54, 1.807) is 12.1 Å². The molecular formula is C20H18ClNO7. The van der Waals surface area contributed by atoms with E-state index in [2.05, 4.69) is 5.73 Å². The number of halogens is 1. The number of benzene rings is 2. The van der Waals surface area contributed by atoms with E-state index in [1.807, 2.05) is 0 Å². The fourth-order valence-corrected chi connectivity index (χ4v) is 2.95. The van der Waals surface area contributed by atoms with Gasteiger partial charge in [-0.3, -0.25) is 4.79 Å². The minimum atomic E-state index is -1.34. The van der Waals surface area contributed by atoms with Crippen LogP contribution in [0.1, 0.15) is 15.9 Å². The maximum absolute atomic E-state index is 12.4. The Bertz CT molecular complexity index is 1110. The Morgan fingerprint density at radius 2 is 2.00 bits per heavy atom. The van der Waals surface area contributed by atoms with Crippen LogP contribution in [0.25, 0.3) is 22.3 Å². The number of hydrogen-bond donors (Lipinski definition) is 2. The van der Waals surface area contributed by atoms with Gasteiger partial charge in [-0.1, -0.05) is 11.6 Å². The molecule has 152 valence electrons. The molecule has 3 aromatic rings.